The lowest BCUT2D eigenvalue weighted by molar-refractivity contribution is -0.168. The Hall–Kier alpha value is -0.830. The normalized spacial score (nSPS) is 29.1. The van der Waals surface area contributed by atoms with E-state index in [1.807, 2.05) is 13.8 Å². The smallest absolute Gasteiger partial charge is 0.315 e. The highest BCUT2D eigenvalue weighted by Crippen LogP contribution is 2.41. The Bertz CT molecular complexity index is 273. The first-order valence-electron chi connectivity index (χ1n) is 6.49. The van der Waals surface area contributed by atoms with Gasteiger partial charge in [-0.25, -0.2) is 0 Å². The summed E-state index contributed by atoms with van der Waals surface area (Å²) >= 11 is 0. The topological polar surface area (TPSA) is 46.5 Å². The van der Waals surface area contributed by atoms with Gasteiger partial charge in [-0.2, -0.15) is 0 Å². The van der Waals surface area contributed by atoms with Crippen molar-refractivity contribution in [1.82, 2.24) is 0 Å². The minimum Gasteiger partial charge on any atom is -0.465 e. The molecular formula is C14H24O3. The number of aliphatic hydroxyl groups is 1. The third kappa shape index (κ3) is 3.32. The van der Waals surface area contributed by atoms with Gasteiger partial charge in [-0.1, -0.05) is 32.8 Å². The molecule has 0 aromatic carbocycles. The maximum Gasteiger partial charge on any atom is 0.315 e. The van der Waals surface area contributed by atoms with Gasteiger partial charge in [0.2, 0.25) is 0 Å². The van der Waals surface area contributed by atoms with Crippen LogP contribution in [0.2, 0.25) is 0 Å². The Morgan fingerprint density at radius 1 is 1.59 bits per heavy atom. The van der Waals surface area contributed by atoms with Crippen molar-refractivity contribution in [3.05, 3.63) is 12.7 Å². The molecular weight excluding hydrogens is 216 g/mol. The number of carbonyl (C=O) groups excluding carboxylic acids is 1. The lowest BCUT2D eigenvalue weighted by Gasteiger charge is -2.38. The number of hydrogen-bond acceptors (Lipinski definition) is 3. The highest BCUT2D eigenvalue weighted by molar-refractivity contribution is 5.78. The van der Waals surface area contributed by atoms with Crippen molar-refractivity contribution in [3.8, 4) is 0 Å². The van der Waals surface area contributed by atoms with Gasteiger partial charge >= 0.3 is 5.97 Å². The second-order valence-electron chi connectivity index (χ2n) is 5.40. The van der Waals surface area contributed by atoms with Crippen LogP contribution in [0.15, 0.2) is 12.7 Å². The van der Waals surface area contributed by atoms with Gasteiger partial charge in [-0.05, 0) is 25.2 Å². The molecule has 0 aliphatic heterocycles. The van der Waals surface area contributed by atoms with Gasteiger partial charge in [0.1, 0.15) is 0 Å². The molecule has 3 heteroatoms. The number of ether oxygens (including phenoxy) is 1. The summed E-state index contributed by atoms with van der Waals surface area (Å²) in [7, 11) is 0. The van der Waals surface area contributed by atoms with E-state index in [9.17, 15) is 9.90 Å². The third-order valence-electron chi connectivity index (χ3n) is 3.45. The number of rotatable bonds is 5. The summed E-state index contributed by atoms with van der Waals surface area (Å²) in [4.78, 5) is 12.2. The molecule has 1 saturated carbocycles. The number of allylic oxidation sites excluding steroid dienone is 1. The summed E-state index contributed by atoms with van der Waals surface area (Å²) in [5.41, 5.74) is -0.741. The minimum absolute atomic E-state index is 0.252. The van der Waals surface area contributed by atoms with Crippen molar-refractivity contribution >= 4 is 5.97 Å². The Morgan fingerprint density at radius 2 is 2.29 bits per heavy atom. The van der Waals surface area contributed by atoms with Crippen LogP contribution in [0.3, 0.4) is 0 Å². The van der Waals surface area contributed by atoms with Gasteiger partial charge in [0, 0.05) is 0 Å². The van der Waals surface area contributed by atoms with Crippen LogP contribution in [0.5, 0.6) is 0 Å². The summed E-state index contributed by atoms with van der Waals surface area (Å²) in [6, 6.07) is 0. The molecule has 1 fully saturated rings. The van der Waals surface area contributed by atoms with E-state index in [1.54, 1.807) is 6.08 Å². The van der Waals surface area contributed by atoms with Gasteiger partial charge < -0.3 is 9.84 Å². The molecule has 0 aromatic rings. The van der Waals surface area contributed by atoms with Crippen LogP contribution < -0.4 is 0 Å². The van der Waals surface area contributed by atoms with E-state index in [4.69, 9.17) is 4.74 Å². The third-order valence-corrected chi connectivity index (χ3v) is 3.45. The average molecular weight is 240 g/mol. The standard InChI is InChI=1S/C14H24O3/c1-4-8-14(9-6-5-7-12(14)15)13(16)17-10-11(2)3/h4,11-12,15H,1,5-10H2,2-3H3/t12-,14+/m1/s1. The maximum absolute atomic E-state index is 12.2. The summed E-state index contributed by atoms with van der Waals surface area (Å²) in [5, 5.41) is 10.1. The molecule has 0 amide bonds. The Balaban J connectivity index is 2.75. The first-order valence-corrected chi connectivity index (χ1v) is 6.49. The van der Waals surface area contributed by atoms with Crippen LogP contribution in [-0.4, -0.2) is 23.8 Å². The highest BCUT2D eigenvalue weighted by atomic mass is 16.5. The largest absolute Gasteiger partial charge is 0.465 e. The summed E-state index contributed by atoms with van der Waals surface area (Å²) < 4.78 is 5.32. The Labute approximate surface area is 104 Å². The quantitative estimate of drug-likeness (QED) is 0.593. The van der Waals surface area contributed by atoms with E-state index in [2.05, 4.69) is 6.58 Å². The molecule has 1 aliphatic rings. The fraction of sp³-hybridized carbons (Fsp3) is 0.786. The van der Waals surface area contributed by atoms with Gasteiger partial charge in [-0.3, -0.25) is 4.79 Å². The predicted molar refractivity (Wildman–Crippen MR) is 67.5 cm³/mol. The van der Waals surface area contributed by atoms with E-state index in [0.717, 1.165) is 12.8 Å². The van der Waals surface area contributed by atoms with Crippen molar-refractivity contribution in [1.29, 1.82) is 0 Å². The van der Waals surface area contributed by atoms with Gasteiger partial charge in [-0.15, -0.1) is 6.58 Å². The van der Waals surface area contributed by atoms with Gasteiger partial charge in [0.15, 0.2) is 0 Å². The van der Waals surface area contributed by atoms with E-state index in [-0.39, 0.29) is 5.97 Å². The van der Waals surface area contributed by atoms with Crippen molar-refractivity contribution in [2.75, 3.05) is 6.61 Å². The van der Waals surface area contributed by atoms with Gasteiger partial charge in [0.05, 0.1) is 18.1 Å². The van der Waals surface area contributed by atoms with Crippen LogP contribution in [-0.2, 0) is 9.53 Å². The molecule has 1 aliphatic carbocycles. The number of esters is 1. The van der Waals surface area contributed by atoms with Crippen LogP contribution in [0.25, 0.3) is 0 Å². The molecule has 0 saturated heterocycles. The monoisotopic (exact) mass is 240 g/mol. The SMILES string of the molecule is C=CC[C@]1(C(=O)OCC(C)C)CCCC[C@H]1O. The molecule has 0 aromatic heterocycles. The van der Waals surface area contributed by atoms with E-state index in [0.29, 0.717) is 31.8 Å². The van der Waals surface area contributed by atoms with Crippen molar-refractivity contribution in [2.24, 2.45) is 11.3 Å². The zero-order valence-electron chi connectivity index (χ0n) is 10.9. The number of hydrogen-bond donors (Lipinski definition) is 1. The summed E-state index contributed by atoms with van der Waals surface area (Å²) in [6.45, 7) is 8.12. The fourth-order valence-corrected chi connectivity index (χ4v) is 2.42. The first kappa shape index (κ1) is 14.2. The molecule has 1 N–H and O–H groups in total. The zero-order valence-corrected chi connectivity index (χ0v) is 10.9. The molecule has 0 unspecified atom stereocenters. The Morgan fingerprint density at radius 3 is 2.82 bits per heavy atom. The number of carbonyl (C=O) groups is 1. The van der Waals surface area contributed by atoms with Crippen LogP contribution in [0.4, 0.5) is 0 Å². The number of aliphatic hydroxyl groups excluding tert-OH is 1. The molecule has 0 spiro atoms. The highest BCUT2D eigenvalue weighted by Gasteiger charge is 2.46. The lowest BCUT2D eigenvalue weighted by atomic mass is 9.69. The molecule has 0 bridgehead atoms. The maximum atomic E-state index is 12.2. The summed E-state index contributed by atoms with van der Waals surface area (Å²) in [5.74, 6) is 0.0683. The van der Waals surface area contributed by atoms with E-state index in [1.165, 1.54) is 0 Å². The predicted octanol–water partition coefficient (Wildman–Crippen LogP) is 2.68. The van der Waals surface area contributed by atoms with Crippen LogP contribution in [0.1, 0.15) is 46.0 Å². The second kappa shape index (κ2) is 6.20. The van der Waals surface area contributed by atoms with Crippen molar-refractivity contribution < 1.29 is 14.6 Å². The van der Waals surface area contributed by atoms with Crippen LogP contribution in [0, 0.1) is 11.3 Å². The fourth-order valence-electron chi connectivity index (χ4n) is 2.42. The minimum atomic E-state index is -0.741. The zero-order chi connectivity index (χ0) is 12.9. The van der Waals surface area contributed by atoms with E-state index < -0.39 is 11.5 Å². The molecule has 98 valence electrons. The molecule has 2 atom stereocenters. The molecule has 1 rings (SSSR count). The first-order chi connectivity index (χ1) is 8.03. The van der Waals surface area contributed by atoms with Gasteiger partial charge in [0.25, 0.3) is 0 Å². The molecule has 0 radical (unpaired) electrons. The molecule has 17 heavy (non-hydrogen) atoms. The second-order valence-corrected chi connectivity index (χ2v) is 5.40. The average Bonchev–Trinajstić information content (AvgIpc) is 2.29. The van der Waals surface area contributed by atoms with Crippen molar-refractivity contribution in [2.45, 2.75) is 52.1 Å². The van der Waals surface area contributed by atoms with Crippen molar-refractivity contribution in [3.63, 3.8) is 0 Å². The molecule has 0 heterocycles. The Kier molecular flexibility index (Phi) is 5.19. The van der Waals surface area contributed by atoms with E-state index >= 15 is 0 Å². The summed E-state index contributed by atoms with van der Waals surface area (Å²) in [6.07, 6.45) is 4.98. The molecule has 3 nitrogen and oxygen atoms in total. The lowest BCUT2D eigenvalue weighted by Crippen LogP contribution is -2.45. The van der Waals surface area contributed by atoms with Crippen LogP contribution >= 0.6 is 0 Å².